The molecule has 0 unspecified atom stereocenters. The molecule has 0 aliphatic carbocycles. The number of hydrogen-bond donors (Lipinski definition) is 0. The SMILES string of the molecule is CC.CC(C)(C)OC(=O)N1CCN(c2cncc(Br)c2)CC1. The zero-order valence-corrected chi connectivity index (χ0v) is 15.7. The molecule has 0 bridgehead atoms. The van der Waals surface area contributed by atoms with Crippen molar-refractivity contribution >= 4 is 27.7 Å². The lowest BCUT2D eigenvalue weighted by atomic mass is 10.2. The van der Waals surface area contributed by atoms with Crippen molar-refractivity contribution in [2.75, 3.05) is 31.1 Å². The second kappa shape index (κ2) is 8.36. The molecule has 2 heterocycles. The number of nitrogens with zero attached hydrogens (tertiary/aromatic N) is 3. The van der Waals surface area contributed by atoms with Crippen LogP contribution in [0.2, 0.25) is 0 Å². The average Bonchev–Trinajstić information content (AvgIpc) is 2.48. The minimum absolute atomic E-state index is 0.232. The van der Waals surface area contributed by atoms with Gasteiger partial charge < -0.3 is 14.5 Å². The van der Waals surface area contributed by atoms with E-state index in [1.54, 1.807) is 11.1 Å². The predicted molar refractivity (Wildman–Crippen MR) is 93.3 cm³/mol. The smallest absolute Gasteiger partial charge is 0.410 e. The van der Waals surface area contributed by atoms with Crippen molar-refractivity contribution in [1.82, 2.24) is 9.88 Å². The van der Waals surface area contributed by atoms with Crippen LogP contribution in [0.15, 0.2) is 22.9 Å². The maximum absolute atomic E-state index is 12.0. The van der Waals surface area contributed by atoms with Crippen LogP contribution in [0.5, 0.6) is 0 Å². The van der Waals surface area contributed by atoms with Gasteiger partial charge in [0, 0.05) is 36.8 Å². The van der Waals surface area contributed by atoms with Gasteiger partial charge in [-0.2, -0.15) is 0 Å². The molecule has 1 aliphatic rings. The first kappa shape index (κ1) is 18.7. The molecular weight excluding hydrogens is 346 g/mol. The van der Waals surface area contributed by atoms with Crippen LogP contribution in [-0.4, -0.2) is 47.8 Å². The molecule has 1 amide bonds. The van der Waals surface area contributed by atoms with Gasteiger partial charge >= 0.3 is 6.09 Å². The lowest BCUT2D eigenvalue weighted by molar-refractivity contribution is 0.0240. The van der Waals surface area contributed by atoms with Crippen molar-refractivity contribution in [2.24, 2.45) is 0 Å². The summed E-state index contributed by atoms with van der Waals surface area (Å²) in [5.41, 5.74) is 0.630. The van der Waals surface area contributed by atoms with Gasteiger partial charge in [-0.1, -0.05) is 13.8 Å². The minimum atomic E-state index is -0.442. The second-order valence-corrected chi connectivity index (χ2v) is 6.73. The summed E-state index contributed by atoms with van der Waals surface area (Å²) in [6, 6.07) is 2.04. The maximum atomic E-state index is 12.0. The number of pyridine rings is 1. The van der Waals surface area contributed by atoms with Crippen LogP contribution >= 0.6 is 15.9 Å². The summed E-state index contributed by atoms with van der Waals surface area (Å²) in [5.74, 6) is 0. The first-order valence-electron chi connectivity index (χ1n) is 7.68. The Kier molecular flexibility index (Phi) is 7.13. The highest BCUT2D eigenvalue weighted by Crippen LogP contribution is 2.20. The van der Waals surface area contributed by atoms with Crippen LogP contribution in [-0.2, 0) is 4.74 Å². The van der Waals surface area contributed by atoms with E-state index in [0.717, 1.165) is 23.2 Å². The number of carbonyl (C=O) groups is 1. The molecule has 124 valence electrons. The summed E-state index contributed by atoms with van der Waals surface area (Å²) in [5, 5.41) is 0. The summed E-state index contributed by atoms with van der Waals surface area (Å²) in [6.07, 6.45) is 3.37. The van der Waals surface area contributed by atoms with Crippen LogP contribution < -0.4 is 4.90 Å². The zero-order chi connectivity index (χ0) is 16.8. The highest BCUT2D eigenvalue weighted by atomic mass is 79.9. The van der Waals surface area contributed by atoms with Crippen molar-refractivity contribution in [3.8, 4) is 0 Å². The Bertz CT molecular complexity index is 481. The Morgan fingerprint density at radius 2 is 1.77 bits per heavy atom. The van der Waals surface area contributed by atoms with Gasteiger partial charge in [0.15, 0.2) is 0 Å². The first-order valence-corrected chi connectivity index (χ1v) is 8.48. The third kappa shape index (κ3) is 5.83. The summed E-state index contributed by atoms with van der Waals surface area (Å²) >= 11 is 3.42. The van der Waals surface area contributed by atoms with Gasteiger partial charge in [-0.05, 0) is 42.8 Å². The van der Waals surface area contributed by atoms with Crippen LogP contribution in [0.3, 0.4) is 0 Å². The summed E-state index contributed by atoms with van der Waals surface area (Å²) < 4.78 is 6.35. The van der Waals surface area contributed by atoms with Gasteiger partial charge in [0.25, 0.3) is 0 Å². The molecule has 0 atom stereocenters. The van der Waals surface area contributed by atoms with Gasteiger partial charge in [-0.25, -0.2) is 4.79 Å². The van der Waals surface area contributed by atoms with E-state index in [0.29, 0.717) is 13.1 Å². The number of ether oxygens (including phenoxy) is 1. The molecule has 1 aromatic rings. The number of aromatic nitrogens is 1. The Morgan fingerprint density at radius 1 is 1.18 bits per heavy atom. The fourth-order valence-electron chi connectivity index (χ4n) is 2.05. The van der Waals surface area contributed by atoms with E-state index in [-0.39, 0.29) is 6.09 Å². The largest absolute Gasteiger partial charge is 0.444 e. The Labute approximate surface area is 141 Å². The lowest BCUT2D eigenvalue weighted by Gasteiger charge is -2.36. The number of amides is 1. The number of rotatable bonds is 1. The fourth-order valence-corrected chi connectivity index (χ4v) is 2.40. The Hall–Kier alpha value is -1.30. The van der Waals surface area contributed by atoms with Crippen LogP contribution in [0.4, 0.5) is 10.5 Å². The molecule has 2 rings (SSSR count). The van der Waals surface area contributed by atoms with Gasteiger partial charge in [-0.3, -0.25) is 4.98 Å². The molecule has 22 heavy (non-hydrogen) atoms. The van der Waals surface area contributed by atoms with E-state index in [2.05, 4.69) is 25.8 Å². The standard InChI is InChI=1S/C14H20BrN3O2.C2H6/c1-14(2,3)20-13(19)18-6-4-17(5-7-18)12-8-11(15)9-16-10-12;1-2/h8-10H,4-7H2,1-3H3;1-2H3. The number of hydrogen-bond acceptors (Lipinski definition) is 4. The third-order valence-corrected chi connectivity index (χ3v) is 3.42. The Balaban J connectivity index is 0.00000116. The second-order valence-electron chi connectivity index (χ2n) is 5.82. The van der Waals surface area contributed by atoms with Crippen molar-refractivity contribution < 1.29 is 9.53 Å². The summed E-state index contributed by atoms with van der Waals surface area (Å²) in [6.45, 7) is 12.6. The molecule has 5 nitrogen and oxygen atoms in total. The number of carbonyl (C=O) groups excluding carboxylic acids is 1. The Morgan fingerprint density at radius 3 is 2.27 bits per heavy atom. The van der Waals surface area contributed by atoms with Crippen molar-refractivity contribution in [3.63, 3.8) is 0 Å². The summed E-state index contributed by atoms with van der Waals surface area (Å²) in [4.78, 5) is 20.1. The molecule has 0 radical (unpaired) electrons. The predicted octanol–water partition coefficient (Wildman–Crippen LogP) is 3.93. The van der Waals surface area contributed by atoms with Gasteiger partial charge in [0.05, 0.1) is 11.9 Å². The van der Waals surface area contributed by atoms with Crippen molar-refractivity contribution in [2.45, 2.75) is 40.2 Å². The zero-order valence-electron chi connectivity index (χ0n) is 14.1. The molecule has 1 fully saturated rings. The topological polar surface area (TPSA) is 45.7 Å². The molecule has 0 N–H and O–H groups in total. The van der Waals surface area contributed by atoms with Gasteiger partial charge in [0.2, 0.25) is 0 Å². The molecule has 1 saturated heterocycles. The molecule has 0 aromatic carbocycles. The molecular formula is C16H26BrN3O2. The minimum Gasteiger partial charge on any atom is -0.444 e. The fraction of sp³-hybridized carbons (Fsp3) is 0.625. The quantitative estimate of drug-likeness (QED) is 0.750. The highest BCUT2D eigenvalue weighted by molar-refractivity contribution is 9.10. The van der Waals surface area contributed by atoms with E-state index in [9.17, 15) is 4.79 Å². The van der Waals surface area contributed by atoms with Gasteiger partial charge in [-0.15, -0.1) is 0 Å². The first-order chi connectivity index (χ1) is 10.3. The van der Waals surface area contributed by atoms with E-state index >= 15 is 0 Å². The number of halogens is 1. The van der Waals surface area contributed by atoms with Crippen LogP contribution in [0.25, 0.3) is 0 Å². The molecule has 1 aliphatic heterocycles. The molecule has 0 spiro atoms. The third-order valence-electron chi connectivity index (χ3n) is 2.99. The van der Waals surface area contributed by atoms with Crippen molar-refractivity contribution in [3.05, 3.63) is 22.9 Å². The lowest BCUT2D eigenvalue weighted by Crippen LogP contribution is -2.50. The van der Waals surface area contributed by atoms with Crippen LogP contribution in [0, 0.1) is 0 Å². The maximum Gasteiger partial charge on any atom is 0.410 e. The van der Waals surface area contributed by atoms with E-state index < -0.39 is 5.60 Å². The normalized spacial score (nSPS) is 15.0. The molecule has 1 aromatic heterocycles. The molecule has 0 saturated carbocycles. The number of anilines is 1. The number of piperazine rings is 1. The van der Waals surface area contributed by atoms with E-state index in [4.69, 9.17) is 4.74 Å². The average molecular weight is 372 g/mol. The summed E-state index contributed by atoms with van der Waals surface area (Å²) in [7, 11) is 0. The molecule has 6 heteroatoms. The van der Waals surface area contributed by atoms with Crippen molar-refractivity contribution in [1.29, 1.82) is 0 Å². The monoisotopic (exact) mass is 371 g/mol. The van der Waals surface area contributed by atoms with Crippen LogP contribution in [0.1, 0.15) is 34.6 Å². The highest BCUT2D eigenvalue weighted by Gasteiger charge is 2.25. The van der Waals surface area contributed by atoms with E-state index in [1.165, 1.54) is 0 Å². The van der Waals surface area contributed by atoms with Gasteiger partial charge in [0.1, 0.15) is 5.60 Å². The van der Waals surface area contributed by atoms with E-state index in [1.807, 2.05) is 46.9 Å².